The van der Waals surface area contributed by atoms with Gasteiger partial charge in [0.2, 0.25) is 27.1 Å². The van der Waals surface area contributed by atoms with Crippen LogP contribution in [-0.4, -0.2) is 40.7 Å². The second kappa shape index (κ2) is 6.66. The first-order chi connectivity index (χ1) is 10.9. The fourth-order valence-corrected chi connectivity index (χ4v) is 2.64. The van der Waals surface area contributed by atoms with Crippen molar-refractivity contribution in [1.82, 2.24) is 29.9 Å². The number of alkyl halides is 1. The largest absolute Gasteiger partial charge is 0.263 e. The van der Waals surface area contributed by atoms with Crippen molar-refractivity contribution in [1.29, 1.82) is 0 Å². The Labute approximate surface area is 154 Å². The molecule has 2 aromatic rings. The van der Waals surface area contributed by atoms with E-state index in [0.29, 0.717) is 0 Å². The summed E-state index contributed by atoms with van der Waals surface area (Å²) in [5.41, 5.74) is -0.750. The van der Waals surface area contributed by atoms with E-state index in [9.17, 15) is 0 Å². The van der Waals surface area contributed by atoms with Crippen LogP contribution in [0.1, 0.15) is 5.82 Å². The average molecular weight is 411 g/mol. The standard InChI is InChI=1S/C10H2Cl5N8/c11-4-1-3(5-19-7(13)21-8(14)20-5)18-9(15)23(4)10-17-2-16-6(12)22-10/h2,4H. The zero-order chi connectivity index (χ0) is 16.6. The van der Waals surface area contributed by atoms with E-state index >= 15 is 0 Å². The molecule has 3 rings (SSSR count). The summed E-state index contributed by atoms with van der Waals surface area (Å²) in [5, 5.41) is -0.264. The lowest BCUT2D eigenvalue weighted by atomic mass is 10.3. The van der Waals surface area contributed by atoms with E-state index in [-0.39, 0.29) is 38.6 Å². The van der Waals surface area contributed by atoms with Crippen molar-refractivity contribution >= 4 is 74.9 Å². The molecule has 0 bridgehead atoms. The predicted octanol–water partition coefficient (Wildman–Crippen LogP) is 2.84. The number of aliphatic imine (C=N–C) groups is 1. The van der Waals surface area contributed by atoms with Gasteiger partial charge in [0.25, 0.3) is 0 Å². The maximum Gasteiger partial charge on any atom is 0.237 e. The van der Waals surface area contributed by atoms with E-state index in [1.807, 2.05) is 0 Å². The molecule has 0 saturated carbocycles. The van der Waals surface area contributed by atoms with Gasteiger partial charge in [0.05, 0.1) is 0 Å². The summed E-state index contributed by atoms with van der Waals surface area (Å²) in [6, 6.07) is 0. The van der Waals surface area contributed by atoms with Gasteiger partial charge in [0, 0.05) is 6.08 Å². The van der Waals surface area contributed by atoms with Crippen molar-refractivity contribution in [2.24, 2.45) is 4.99 Å². The summed E-state index contributed by atoms with van der Waals surface area (Å²) in [7, 11) is 0. The number of nitrogens with zero attached hydrogens (tertiary/aromatic N) is 8. The van der Waals surface area contributed by atoms with Gasteiger partial charge in [-0.25, -0.2) is 15.0 Å². The molecule has 0 spiro atoms. The molecular weight excluding hydrogens is 409 g/mol. The molecule has 0 fully saturated rings. The van der Waals surface area contributed by atoms with Crippen LogP contribution in [0.15, 0.2) is 11.3 Å². The van der Waals surface area contributed by atoms with Crippen LogP contribution in [0.5, 0.6) is 0 Å². The first-order valence-corrected chi connectivity index (χ1v) is 7.62. The lowest BCUT2D eigenvalue weighted by molar-refractivity contribution is 0.917. The van der Waals surface area contributed by atoms with Gasteiger partial charge < -0.3 is 0 Å². The molecule has 8 nitrogen and oxygen atoms in total. The number of halogens is 5. The van der Waals surface area contributed by atoms with Crippen LogP contribution in [-0.2, 0) is 0 Å². The Bertz CT molecular complexity index is 804. The number of hydrogen-bond acceptors (Lipinski definition) is 8. The summed E-state index contributed by atoms with van der Waals surface area (Å²) >= 11 is 29.6. The lowest BCUT2D eigenvalue weighted by Gasteiger charge is -2.26. The minimum atomic E-state index is -0.900. The molecule has 3 heterocycles. The molecule has 1 aliphatic heterocycles. The maximum absolute atomic E-state index is 6.24. The molecule has 1 aliphatic rings. The minimum absolute atomic E-state index is 0.0193. The van der Waals surface area contributed by atoms with Crippen LogP contribution < -0.4 is 4.90 Å². The summed E-state index contributed by atoms with van der Waals surface area (Å²) in [4.78, 5) is 28.3. The molecule has 0 N–H and O–H groups in total. The van der Waals surface area contributed by atoms with Crippen molar-refractivity contribution in [2.75, 3.05) is 4.90 Å². The highest BCUT2D eigenvalue weighted by molar-refractivity contribution is 6.69. The molecule has 117 valence electrons. The number of hydrogen-bond donors (Lipinski definition) is 0. The van der Waals surface area contributed by atoms with Crippen molar-refractivity contribution in [3.8, 4) is 0 Å². The van der Waals surface area contributed by atoms with Crippen molar-refractivity contribution in [3.63, 3.8) is 0 Å². The number of rotatable bonds is 2. The second-order valence-electron chi connectivity index (χ2n) is 3.83. The molecule has 2 aromatic heterocycles. The van der Waals surface area contributed by atoms with Gasteiger partial charge >= 0.3 is 0 Å². The fraction of sp³-hybridized carbons (Fsp3) is 0.100. The van der Waals surface area contributed by atoms with Gasteiger partial charge in [-0.3, -0.25) is 4.90 Å². The van der Waals surface area contributed by atoms with E-state index < -0.39 is 5.50 Å². The third kappa shape index (κ3) is 3.61. The Balaban J connectivity index is 1.98. The highest BCUT2D eigenvalue weighted by Gasteiger charge is 2.28. The lowest BCUT2D eigenvalue weighted by Crippen LogP contribution is -2.37. The van der Waals surface area contributed by atoms with E-state index in [1.165, 1.54) is 11.2 Å². The molecule has 13 heteroatoms. The monoisotopic (exact) mass is 409 g/mol. The summed E-state index contributed by atoms with van der Waals surface area (Å²) in [6.45, 7) is 0. The summed E-state index contributed by atoms with van der Waals surface area (Å²) in [5.74, 6) is 0.184. The van der Waals surface area contributed by atoms with Crippen molar-refractivity contribution in [3.05, 3.63) is 34.1 Å². The molecule has 1 unspecified atom stereocenters. The van der Waals surface area contributed by atoms with Crippen LogP contribution in [0.2, 0.25) is 15.9 Å². The third-order valence-corrected chi connectivity index (χ3v) is 3.51. The molecule has 0 saturated heterocycles. The number of aromatic nitrogens is 6. The van der Waals surface area contributed by atoms with Crippen LogP contribution >= 0.6 is 58.0 Å². The first-order valence-electron chi connectivity index (χ1n) is 5.67. The quantitative estimate of drug-likeness (QED) is 0.554. The van der Waals surface area contributed by atoms with Crippen LogP contribution in [0.25, 0.3) is 5.70 Å². The summed E-state index contributed by atoms with van der Waals surface area (Å²) < 4.78 is 0. The van der Waals surface area contributed by atoms with Gasteiger partial charge in [-0.05, 0) is 46.4 Å². The molecule has 23 heavy (non-hydrogen) atoms. The Hall–Kier alpha value is -1.32. The second-order valence-corrected chi connectivity index (χ2v) is 5.60. The van der Waals surface area contributed by atoms with Gasteiger partial charge in [-0.15, -0.1) is 0 Å². The SMILES string of the molecule is ClC1=NC(c2nc(Cl)nc(Cl)n2)=[C]C(Cl)N1c1ncnc(Cl)n1. The zero-order valence-corrected chi connectivity index (χ0v) is 14.4. The molecule has 0 aromatic carbocycles. The van der Waals surface area contributed by atoms with Crippen molar-refractivity contribution < 1.29 is 0 Å². The third-order valence-electron chi connectivity index (χ3n) is 2.42. The molecular formula is C10H2Cl5N8. The van der Waals surface area contributed by atoms with E-state index in [4.69, 9.17) is 58.0 Å². The Morgan fingerprint density at radius 1 is 0.913 bits per heavy atom. The van der Waals surface area contributed by atoms with Crippen LogP contribution in [0, 0.1) is 6.08 Å². The van der Waals surface area contributed by atoms with Gasteiger partial charge in [0.15, 0.2) is 5.82 Å². The molecule has 1 atom stereocenters. The predicted molar refractivity (Wildman–Crippen MR) is 86.7 cm³/mol. The Morgan fingerprint density at radius 3 is 2.22 bits per heavy atom. The van der Waals surface area contributed by atoms with E-state index in [0.717, 1.165) is 0 Å². The minimum Gasteiger partial charge on any atom is -0.263 e. The molecule has 0 amide bonds. The van der Waals surface area contributed by atoms with Crippen LogP contribution in [0.4, 0.5) is 5.95 Å². The van der Waals surface area contributed by atoms with Crippen molar-refractivity contribution in [2.45, 2.75) is 5.50 Å². The fourth-order valence-electron chi connectivity index (χ4n) is 1.56. The van der Waals surface area contributed by atoms with Crippen LogP contribution in [0.3, 0.4) is 0 Å². The van der Waals surface area contributed by atoms with Gasteiger partial charge in [-0.1, -0.05) is 11.6 Å². The Kier molecular flexibility index (Phi) is 4.79. The first kappa shape index (κ1) is 16.5. The van der Waals surface area contributed by atoms with Gasteiger partial charge in [0.1, 0.15) is 17.5 Å². The normalized spacial score (nSPS) is 17.8. The molecule has 0 aliphatic carbocycles. The smallest absolute Gasteiger partial charge is 0.237 e. The maximum atomic E-state index is 6.24. The average Bonchev–Trinajstić information content (AvgIpc) is 2.45. The number of amidine groups is 1. The summed E-state index contributed by atoms with van der Waals surface area (Å²) in [6.07, 6.45) is 4.02. The van der Waals surface area contributed by atoms with E-state index in [2.05, 4.69) is 41.0 Å². The highest BCUT2D eigenvalue weighted by atomic mass is 35.5. The highest BCUT2D eigenvalue weighted by Crippen LogP contribution is 2.27. The van der Waals surface area contributed by atoms with Gasteiger partial charge in [-0.2, -0.15) is 19.9 Å². The van der Waals surface area contributed by atoms with E-state index in [1.54, 1.807) is 0 Å². The Morgan fingerprint density at radius 2 is 1.61 bits per heavy atom. The topological polar surface area (TPSA) is 92.9 Å². The molecule has 1 radical (unpaired) electrons. The number of anilines is 1. The zero-order valence-electron chi connectivity index (χ0n) is 10.6.